The Hall–Kier alpha value is -2.37. The van der Waals surface area contributed by atoms with Crippen molar-refractivity contribution in [1.29, 1.82) is 0 Å². The summed E-state index contributed by atoms with van der Waals surface area (Å²) in [4.78, 5) is 38.1. The van der Waals surface area contributed by atoms with Crippen LogP contribution in [0.5, 0.6) is 0 Å². The summed E-state index contributed by atoms with van der Waals surface area (Å²) in [5, 5.41) is 0. The second kappa shape index (κ2) is 55.2. The molecule has 0 heterocycles. The van der Waals surface area contributed by atoms with E-state index in [2.05, 4.69) is 57.2 Å². The standard InChI is InChI=1S/C60H110O6/c1-4-7-10-13-16-19-22-25-27-28-29-30-31-32-34-35-38-41-44-47-50-53-59(62)65-56-57(55-64-58(61)52-49-46-43-40-37-24-21-18-15-12-9-6-3)66-60(63)54-51-48-45-42-39-36-33-26-23-20-17-14-11-8-5-2/h18,21-22,25,28-29,57H,4-17,19-20,23-24,26-27,30-56H2,1-3H3/b21-18-,25-22-,29-28-. The lowest BCUT2D eigenvalue weighted by Gasteiger charge is -2.18. The molecule has 0 saturated carbocycles. The molecule has 0 aliphatic rings. The topological polar surface area (TPSA) is 78.9 Å². The van der Waals surface area contributed by atoms with Crippen molar-refractivity contribution >= 4 is 17.9 Å². The van der Waals surface area contributed by atoms with Crippen LogP contribution in [0.1, 0.15) is 310 Å². The molecule has 66 heavy (non-hydrogen) atoms. The zero-order chi connectivity index (χ0) is 47.9. The quantitative estimate of drug-likeness (QED) is 0.0262. The highest BCUT2D eigenvalue weighted by atomic mass is 16.6. The summed E-state index contributed by atoms with van der Waals surface area (Å²) < 4.78 is 16.9. The highest BCUT2D eigenvalue weighted by Crippen LogP contribution is 2.16. The third kappa shape index (κ3) is 52.6. The fourth-order valence-electron chi connectivity index (χ4n) is 8.47. The third-order valence-corrected chi connectivity index (χ3v) is 12.9. The molecule has 0 rings (SSSR count). The Labute approximate surface area is 410 Å². The smallest absolute Gasteiger partial charge is 0.306 e. The monoisotopic (exact) mass is 927 g/mol. The molecule has 6 heteroatoms. The molecule has 0 amide bonds. The van der Waals surface area contributed by atoms with Gasteiger partial charge in [0.05, 0.1) is 0 Å². The second-order valence-corrected chi connectivity index (χ2v) is 19.6. The summed E-state index contributed by atoms with van der Waals surface area (Å²) in [5.41, 5.74) is 0. The second-order valence-electron chi connectivity index (χ2n) is 19.6. The van der Waals surface area contributed by atoms with E-state index in [4.69, 9.17) is 14.2 Å². The predicted molar refractivity (Wildman–Crippen MR) is 284 cm³/mol. The molecule has 0 aromatic rings. The van der Waals surface area contributed by atoms with Crippen LogP contribution in [0.3, 0.4) is 0 Å². The number of carbonyl (C=O) groups is 3. The molecule has 0 aliphatic carbocycles. The summed E-state index contributed by atoms with van der Waals surface area (Å²) in [6.45, 7) is 6.63. The Morgan fingerprint density at radius 1 is 0.303 bits per heavy atom. The first-order chi connectivity index (χ1) is 32.5. The Kier molecular flexibility index (Phi) is 53.2. The highest BCUT2D eigenvalue weighted by molar-refractivity contribution is 5.71. The zero-order valence-electron chi connectivity index (χ0n) is 44.2. The maximum atomic E-state index is 12.8. The zero-order valence-corrected chi connectivity index (χ0v) is 44.2. The van der Waals surface area contributed by atoms with E-state index >= 15 is 0 Å². The molecule has 0 N–H and O–H groups in total. The van der Waals surface area contributed by atoms with E-state index in [9.17, 15) is 14.4 Å². The van der Waals surface area contributed by atoms with Gasteiger partial charge in [0, 0.05) is 19.3 Å². The third-order valence-electron chi connectivity index (χ3n) is 12.9. The summed E-state index contributed by atoms with van der Waals surface area (Å²) in [6.07, 6.45) is 65.6. The molecule has 0 saturated heterocycles. The Balaban J connectivity index is 4.30. The number of esters is 3. The van der Waals surface area contributed by atoms with Gasteiger partial charge in [0.15, 0.2) is 6.10 Å². The Morgan fingerprint density at radius 3 is 0.879 bits per heavy atom. The first kappa shape index (κ1) is 63.6. The van der Waals surface area contributed by atoms with E-state index in [-0.39, 0.29) is 31.1 Å². The molecule has 0 bridgehead atoms. The average Bonchev–Trinajstić information content (AvgIpc) is 3.31. The number of hydrogen-bond donors (Lipinski definition) is 0. The fraction of sp³-hybridized carbons (Fsp3) is 0.850. The van der Waals surface area contributed by atoms with Crippen LogP contribution in [0.25, 0.3) is 0 Å². The highest BCUT2D eigenvalue weighted by Gasteiger charge is 2.19. The van der Waals surface area contributed by atoms with Gasteiger partial charge in [-0.3, -0.25) is 14.4 Å². The van der Waals surface area contributed by atoms with Crippen molar-refractivity contribution < 1.29 is 28.6 Å². The molecule has 386 valence electrons. The van der Waals surface area contributed by atoms with E-state index in [1.807, 2.05) is 0 Å². The molecule has 0 spiro atoms. The first-order valence-electron chi connectivity index (χ1n) is 29.0. The van der Waals surface area contributed by atoms with Crippen LogP contribution >= 0.6 is 0 Å². The van der Waals surface area contributed by atoms with E-state index in [0.29, 0.717) is 19.3 Å². The van der Waals surface area contributed by atoms with Crippen molar-refractivity contribution in [2.24, 2.45) is 0 Å². The number of allylic oxidation sites excluding steroid dienone is 6. The van der Waals surface area contributed by atoms with Gasteiger partial charge in [-0.2, -0.15) is 0 Å². The van der Waals surface area contributed by atoms with Crippen molar-refractivity contribution in [3.63, 3.8) is 0 Å². The Bertz CT molecular complexity index is 1110. The normalized spacial score (nSPS) is 12.2. The summed E-state index contributed by atoms with van der Waals surface area (Å²) in [6, 6.07) is 0. The number of hydrogen-bond acceptors (Lipinski definition) is 6. The lowest BCUT2D eigenvalue weighted by Crippen LogP contribution is -2.30. The van der Waals surface area contributed by atoms with E-state index in [1.165, 1.54) is 199 Å². The summed E-state index contributed by atoms with van der Waals surface area (Å²) >= 11 is 0. The van der Waals surface area contributed by atoms with Crippen LogP contribution in [-0.2, 0) is 28.6 Å². The molecule has 6 nitrogen and oxygen atoms in total. The minimum atomic E-state index is -0.773. The minimum absolute atomic E-state index is 0.0736. The first-order valence-corrected chi connectivity index (χ1v) is 29.0. The van der Waals surface area contributed by atoms with Gasteiger partial charge < -0.3 is 14.2 Å². The average molecular weight is 928 g/mol. The van der Waals surface area contributed by atoms with Gasteiger partial charge in [0.1, 0.15) is 13.2 Å². The van der Waals surface area contributed by atoms with Crippen LogP contribution in [-0.4, -0.2) is 37.2 Å². The predicted octanol–water partition coefficient (Wildman–Crippen LogP) is 19.3. The molecular weight excluding hydrogens is 817 g/mol. The summed E-state index contributed by atoms with van der Waals surface area (Å²) in [5.74, 6) is -0.870. The van der Waals surface area contributed by atoms with Crippen molar-refractivity contribution in [3.05, 3.63) is 36.5 Å². The van der Waals surface area contributed by atoms with Crippen LogP contribution in [0.4, 0.5) is 0 Å². The van der Waals surface area contributed by atoms with Gasteiger partial charge in [-0.15, -0.1) is 0 Å². The number of unbranched alkanes of at least 4 members (excludes halogenated alkanes) is 36. The van der Waals surface area contributed by atoms with Gasteiger partial charge >= 0.3 is 17.9 Å². The number of rotatable bonds is 53. The lowest BCUT2D eigenvalue weighted by atomic mass is 10.0. The van der Waals surface area contributed by atoms with Crippen molar-refractivity contribution in [2.75, 3.05) is 13.2 Å². The van der Waals surface area contributed by atoms with E-state index in [0.717, 1.165) is 70.6 Å². The number of ether oxygens (including phenoxy) is 3. The SMILES string of the molecule is CCCCC/C=C\CCCCCCCC(=O)OCC(COC(=O)CCCCCCCCCCC/C=C\C/C=C\CCCCCCC)OC(=O)CCCCCCCCCCCCCCCCC. The van der Waals surface area contributed by atoms with Crippen molar-refractivity contribution in [3.8, 4) is 0 Å². The van der Waals surface area contributed by atoms with Crippen LogP contribution < -0.4 is 0 Å². The van der Waals surface area contributed by atoms with Gasteiger partial charge in [0.25, 0.3) is 0 Å². The maximum absolute atomic E-state index is 12.8. The molecule has 0 aromatic heterocycles. The van der Waals surface area contributed by atoms with Crippen LogP contribution in [0.2, 0.25) is 0 Å². The molecule has 0 aromatic carbocycles. The van der Waals surface area contributed by atoms with Crippen molar-refractivity contribution in [2.45, 2.75) is 316 Å². The molecule has 0 fully saturated rings. The van der Waals surface area contributed by atoms with E-state index in [1.54, 1.807) is 0 Å². The van der Waals surface area contributed by atoms with Crippen molar-refractivity contribution in [1.82, 2.24) is 0 Å². The number of carbonyl (C=O) groups excluding carboxylic acids is 3. The van der Waals surface area contributed by atoms with Gasteiger partial charge in [-0.25, -0.2) is 0 Å². The molecular formula is C60H110O6. The lowest BCUT2D eigenvalue weighted by molar-refractivity contribution is -0.167. The maximum Gasteiger partial charge on any atom is 0.306 e. The van der Waals surface area contributed by atoms with Gasteiger partial charge in [-0.1, -0.05) is 250 Å². The van der Waals surface area contributed by atoms with Gasteiger partial charge in [0.2, 0.25) is 0 Å². The molecule has 0 aliphatic heterocycles. The van der Waals surface area contributed by atoms with Crippen LogP contribution in [0.15, 0.2) is 36.5 Å². The molecule has 1 unspecified atom stereocenters. The van der Waals surface area contributed by atoms with Crippen LogP contribution in [0, 0.1) is 0 Å². The summed E-state index contributed by atoms with van der Waals surface area (Å²) in [7, 11) is 0. The fourth-order valence-corrected chi connectivity index (χ4v) is 8.47. The van der Waals surface area contributed by atoms with Gasteiger partial charge in [-0.05, 0) is 77.0 Å². The molecule has 1 atom stereocenters. The molecule has 0 radical (unpaired) electrons. The van der Waals surface area contributed by atoms with E-state index < -0.39 is 6.10 Å². The largest absolute Gasteiger partial charge is 0.462 e. The Morgan fingerprint density at radius 2 is 0.545 bits per heavy atom. The minimum Gasteiger partial charge on any atom is -0.462 e.